The molecule has 2 unspecified atom stereocenters. The Bertz CT molecular complexity index is 543. The van der Waals surface area contributed by atoms with Gasteiger partial charge in [0.25, 0.3) is 0 Å². The molecule has 0 aliphatic carbocycles. The van der Waals surface area contributed by atoms with Crippen molar-refractivity contribution in [3.05, 3.63) is 29.7 Å². The first-order valence-corrected chi connectivity index (χ1v) is 6.80. The van der Waals surface area contributed by atoms with Crippen LogP contribution in [0.1, 0.15) is 30.8 Å². The molecule has 0 saturated heterocycles. The Morgan fingerprint density at radius 1 is 1.37 bits per heavy atom. The first-order valence-electron chi connectivity index (χ1n) is 6.80. The summed E-state index contributed by atoms with van der Waals surface area (Å²) in [6, 6.07) is 6.56. The molecule has 0 bridgehead atoms. The molecule has 0 aliphatic heterocycles. The molecule has 0 aliphatic rings. The zero-order chi connectivity index (χ0) is 14.0. The molecule has 19 heavy (non-hydrogen) atoms. The fraction of sp³-hybridized carbons (Fsp3) is 0.533. The molecule has 0 amide bonds. The molecule has 0 fully saturated rings. The van der Waals surface area contributed by atoms with E-state index in [2.05, 4.69) is 43.0 Å². The number of benzene rings is 1. The minimum Gasteiger partial charge on any atom is -0.441 e. The van der Waals surface area contributed by atoms with Gasteiger partial charge in [0, 0.05) is 13.0 Å². The smallest absolute Gasteiger partial charge is 0.192 e. The third-order valence-electron chi connectivity index (χ3n) is 3.69. The molecule has 2 atom stereocenters. The Morgan fingerprint density at radius 3 is 2.68 bits per heavy atom. The van der Waals surface area contributed by atoms with E-state index >= 15 is 0 Å². The second-order valence-corrected chi connectivity index (χ2v) is 5.27. The number of aryl methyl sites for hydroxylation is 1. The van der Waals surface area contributed by atoms with Crippen molar-refractivity contribution in [2.24, 2.45) is 11.7 Å². The summed E-state index contributed by atoms with van der Waals surface area (Å²) in [4.78, 5) is 6.64. The molecule has 2 aromatic rings. The lowest BCUT2D eigenvalue weighted by Gasteiger charge is -2.31. The highest BCUT2D eigenvalue weighted by Gasteiger charge is 2.23. The third-order valence-corrected chi connectivity index (χ3v) is 3.69. The van der Waals surface area contributed by atoms with E-state index in [4.69, 9.17) is 10.2 Å². The highest BCUT2D eigenvalue weighted by atomic mass is 16.3. The maximum atomic E-state index is 5.92. The molecule has 1 aromatic heterocycles. The molecule has 0 saturated carbocycles. The van der Waals surface area contributed by atoms with Crippen LogP contribution in [0.15, 0.2) is 22.6 Å². The van der Waals surface area contributed by atoms with E-state index in [9.17, 15) is 0 Å². The van der Waals surface area contributed by atoms with Crippen molar-refractivity contribution in [2.45, 2.75) is 26.3 Å². The van der Waals surface area contributed by atoms with Crippen molar-refractivity contribution in [3.8, 4) is 0 Å². The highest BCUT2D eigenvalue weighted by Crippen LogP contribution is 2.30. The van der Waals surface area contributed by atoms with Crippen LogP contribution in [0, 0.1) is 12.8 Å². The van der Waals surface area contributed by atoms with Gasteiger partial charge in [-0.3, -0.25) is 0 Å². The molecule has 4 nitrogen and oxygen atoms in total. The number of fused-ring (bicyclic) bond motifs is 1. The lowest BCUT2D eigenvalue weighted by atomic mass is 9.90. The van der Waals surface area contributed by atoms with Crippen molar-refractivity contribution < 1.29 is 4.42 Å². The van der Waals surface area contributed by atoms with Crippen LogP contribution in [0.25, 0.3) is 11.1 Å². The molecule has 104 valence electrons. The van der Waals surface area contributed by atoms with Gasteiger partial charge in [-0.25, -0.2) is 4.98 Å². The van der Waals surface area contributed by atoms with Gasteiger partial charge in [0.05, 0.1) is 0 Å². The normalized spacial score (nSPS) is 15.1. The van der Waals surface area contributed by atoms with E-state index in [1.165, 1.54) is 5.56 Å². The van der Waals surface area contributed by atoms with E-state index < -0.39 is 0 Å². The van der Waals surface area contributed by atoms with Crippen LogP contribution >= 0.6 is 0 Å². The van der Waals surface area contributed by atoms with Crippen molar-refractivity contribution in [3.63, 3.8) is 0 Å². The van der Waals surface area contributed by atoms with E-state index in [0.29, 0.717) is 24.4 Å². The number of aromatic nitrogens is 1. The van der Waals surface area contributed by atoms with Crippen molar-refractivity contribution in [1.29, 1.82) is 0 Å². The zero-order valence-electron chi connectivity index (χ0n) is 12.2. The van der Waals surface area contributed by atoms with Gasteiger partial charge in [-0.05, 0) is 44.3 Å². The van der Waals surface area contributed by atoms with Crippen molar-refractivity contribution in [2.75, 3.05) is 20.6 Å². The average Bonchev–Trinajstić information content (AvgIpc) is 2.74. The Hall–Kier alpha value is -1.39. The molecular formula is C15H23N3O. The maximum Gasteiger partial charge on any atom is 0.192 e. The monoisotopic (exact) mass is 261 g/mol. The van der Waals surface area contributed by atoms with Gasteiger partial charge >= 0.3 is 0 Å². The summed E-state index contributed by atoms with van der Waals surface area (Å²) in [5, 5.41) is 0. The minimum absolute atomic E-state index is 0.316. The van der Waals surface area contributed by atoms with E-state index in [0.717, 1.165) is 17.5 Å². The summed E-state index contributed by atoms with van der Waals surface area (Å²) in [6.45, 7) is 4.75. The van der Waals surface area contributed by atoms with E-state index in [-0.39, 0.29) is 0 Å². The molecule has 0 spiro atoms. The fourth-order valence-electron chi connectivity index (χ4n) is 2.75. The Balaban J connectivity index is 2.43. The predicted octanol–water partition coefficient (Wildman–Crippen LogP) is 2.72. The second kappa shape index (κ2) is 5.72. The summed E-state index contributed by atoms with van der Waals surface area (Å²) >= 11 is 0. The highest BCUT2D eigenvalue weighted by molar-refractivity contribution is 5.73. The van der Waals surface area contributed by atoms with E-state index in [1.807, 2.05) is 13.0 Å². The van der Waals surface area contributed by atoms with Crippen LogP contribution in [0.3, 0.4) is 0 Å². The van der Waals surface area contributed by atoms with Gasteiger partial charge < -0.3 is 15.1 Å². The number of hydrogen-bond acceptors (Lipinski definition) is 4. The van der Waals surface area contributed by atoms with Gasteiger partial charge in [-0.1, -0.05) is 19.4 Å². The average molecular weight is 261 g/mol. The summed E-state index contributed by atoms with van der Waals surface area (Å²) in [5.41, 5.74) is 8.94. The maximum absolute atomic E-state index is 5.92. The molecule has 4 heteroatoms. The molecule has 1 heterocycles. The van der Waals surface area contributed by atoms with Crippen LogP contribution < -0.4 is 5.73 Å². The molecule has 0 radical (unpaired) electrons. The molecular weight excluding hydrogens is 238 g/mol. The van der Waals surface area contributed by atoms with Gasteiger partial charge in [-0.15, -0.1) is 0 Å². The van der Waals surface area contributed by atoms with Gasteiger partial charge in [0.2, 0.25) is 0 Å². The summed E-state index contributed by atoms with van der Waals surface area (Å²) in [5.74, 6) is 1.15. The standard InChI is InChI=1S/C15H23N3O/c1-5-11(9-16)15(18(3)4)12-6-7-14-13(8-12)17-10(2)19-14/h6-8,11,15H,5,9,16H2,1-4H3. The first-order chi connectivity index (χ1) is 9.06. The quantitative estimate of drug-likeness (QED) is 0.899. The number of oxazole rings is 1. The summed E-state index contributed by atoms with van der Waals surface area (Å²) in [6.07, 6.45) is 1.06. The number of nitrogens with two attached hydrogens (primary N) is 1. The van der Waals surface area contributed by atoms with Crippen molar-refractivity contribution >= 4 is 11.1 Å². The van der Waals surface area contributed by atoms with Crippen LogP contribution in [0.5, 0.6) is 0 Å². The van der Waals surface area contributed by atoms with Crippen LogP contribution in [-0.2, 0) is 0 Å². The lowest BCUT2D eigenvalue weighted by Crippen LogP contribution is -2.31. The third kappa shape index (κ3) is 2.80. The summed E-state index contributed by atoms with van der Waals surface area (Å²) in [7, 11) is 4.20. The fourth-order valence-corrected chi connectivity index (χ4v) is 2.75. The number of nitrogens with zero attached hydrogens (tertiary/aromatic N) is 2. The van der Waals surface area contributed by atoms with Crippen LogP contribution in [0.2, 0.25) is 0 Å². The largest absolute Gasteiger partial charge is 0.441 e. The minimum atomic E-state index is 0.316. The van der Waals surface area contributed by atoms with Gasteiger partial charge in [0.1, 0.15) is 5.52 Å². The number of hydrogen-bond donors (Lipinski definition) is 1. The van der Waals surface area contributed by atoms with Crippen LogP contribution in [-0.4, -0.2) is 30.5 Å². The summed E-state index contributed by atoms with van der Waals surface area (Å²) < 4.78 is 5.53. The Morgan fingerprint density at radius 2 is 2.11 bits per heavy atom. The SMILES string of the molecule is CCC(CN)C(c1ccc2oc(C)nc2c1)N(C)C. The lowest BCUT2D eigenvalue weighted by molar-refractivity contribution is 0.211. The predicted molar refractivity (Wildman–Crippen MR) is 78.0 cm³/mol. The van der Waals surface area contributed by atoms with Gasteiger partial charge in [-0.2, -0.15) is 0 Å². The number of rotatable bonds is 5. The molecule has 2 N–H and O–H groups in total. The topological polar surface area (TPSA) is 55.3 Å². The second-order valence-electron chi connectivity index (χ2n) is 5.27. The first kappa shape index (κ1) is 14.0. The Kier molecular flexibility index (Phi) is 4.22. The van der Waals surface area contributed by atoms with Crippen molar-refractivity contribution in [1.82, 2.24) is 9.88 Å². The van der Waals surface area contributed by atoms with Gasteiger partial charge in [0.15, 0.2) is 11.5 Å². The van der Waals surface area contributed by atoms with Crippen LogP contribution in [0.4, 0.5) is 0 Å². The Labute approximate surface area is 114 Å². The zero-order valence-corrected chi connectivity index (χ0v) is 12.2. The molecule has 1 aromatic carbocycles. The molecule has 2 rings (SSSR count). The van der Waals surface area contributed by atoms with E-state index in [1.54, 1.807) is 0 Å².